The van der Waals surface area contributed by atoms with Gasteiger partial charge in [-0.05, 0) is 128 Å². The zero-order valence-electron chi connectivity index (χ0n) is 34.2. The Bertz CT molecular complexity index is 3870. The fraction of sp³-hybridized carbons (Fsp3) is 0. The van der Waals surface area contributed by atoms with Crippen molar-refractivity contribution in [3.8, 4) is 27.9 Å². The van der Waals surface area contributed by atoms with E-state index in [0.29, 0.717) is 0 Å². The lowest BCUT2D eigenvalue weighted by atomic mass is 9.93. The lowest BCUT2D eigenvalue weighted by Gasteiger charge is -2.28. The van der Waals surface area contributed by atoms with Crippen LogP contribution in [0.2, 0.25) is 0 Å². The van der Waals surface area contributed by atoms with E-state index in [2.05, 4.69) is 240 Å². The fourth-order valence-electron chi connectivity index (χ4n) is 10.0. The molecule has 0 amide bonds. The van der Waals surface area contributed by atoms with Crippen molar-refractivity contribution in [3.05, 3.63) is 231 Å². The van der Waals surface area contributed by atoms with Gasteiger partial charge in [0.2, 0.25) is 0 Å². The van der Waals surface area contributed by atoms with Crippen LogP contribution in [0, 0.1) is 0 Å². The number of fused-ring (bicyclic) bond motifs is 10. The van der Waals surface area contributed by atoms with Gasteiger partial charge in [0, 0.05) is 44.2 Å². The molecule has 0 fully saturated rings. The SMILES string of the molecule is c1cc(N(c2ccc(-c3cc4ccccc4c4ccccc34)cc2)c2ccccc2-c2ccc3oc4cc5ccccc5cc4c3c2)cc(-n2c3ccccc3c3ccccc32)c1. The molecule has 0 bridgehead atoms. The van der Waals surface area contributed by atoms with Crippen LogP contribution in [-0.4, -0.2) is 4.57 Å². The molecule has 0 aliphatic carbocycles. The third-order valence-corrected chi connectivity index (χ3v) is 12.9. The summed E-state index contributed by atoms with van der Waals surface area (Å²) in [4.78, 5) is 2.42. The Morgan fingerprint density at radius 2 is 0.921 bits per heavy atom. The largest absolute Gasteiger partial charge is 0.456 e. The molecule has 0 saturated carbocycles. The molecule has 2 aromatic heterocycles. The predicted molar refractivity (Wildman–Crippen MR) is 266 cm³/mol. The molecule has 0 atom stereocenters. The van der Waals surface area contributed by atoms with E-state index in [9.17, 15) is 0 Å². The Hall–Kier alpha value is -8.40. The number of furan rings is 1. The first-order chi connectivity index (χ1) is 31.2. The van der Waals surface area contributed by atoms with E-state index in [1.54, 1.807) is 0 Å². The summed E-state index contributed by atoms with van der Waals surface area (Å²) in [5, 5.41) is 12.1. The lowest BCUT2D eigenvalue weighted by molar-refractivity contribution is 0.669. The summed E-state index contributed by atoms with van der Waals surface area (Å²) in [6, 6.07) is 83.7. The minimum Gasteiger partial charge on any atom is -0.456 e. The molecule has 0 radical (unpaired) electrons. The zero-order chi connectivity index (χ0) is 41.4. The maximum atomic E-state index is 6.46. The van der Waals surface area contributed by atoms with Crippen molar-refractivity contribution in [3.63, 3.8) is 0 Å². The summed E-state index contributed by atoms with van der Waals surface area (Å²) in [7, 11) is 0. The Balaban J connectivity index is 1.01. The van der Waals surface area contributed by atoms with Crippen LogP contribution in [0.5, 0.6) is 0 Å². The highest BCUT2D eigenvalue weighted by atomic mass is 16.3. The number of hydrogen-bond acceptors (Lipinski definition) is 2. The third-order valence-electron chi connectivity index (χ3n) is 12.9. The Morgan fingerprint density at radius 3 is 1.70 bits per heavy atom. The summed E-state index contributed by atoms with van der Waals surface area (Å²) in [5.41, 5.74) is 13.1. The average molecular weight is 803 g/mol. The summed E-state index contributed by atoms with van der Waals surface area (Å²) >= 11 is 0. The van der Waals surface area contributed by atoms with E-state index < -0.39 is 0 Å². The summed E-state index contributed by atoms with van der Waals surface area (Å²) < 4.78 is 8.86. The van der Waals surface area contributed by atoms with Gasteiger partial charge in [-0.25, -0.2) is 0 Å². The number of rotatable bonds is 6. The van der Waals surface area contributed by atoms with Crippen LogP contribution < -0.4 is 4.90 Å². The Labute approximate surface area is 363 Å². The van der Waals surface area contributed by atoms with E-state index in [0.717, 1.165) is 55.8 Å². The normalized spacial score (nSPS) is 11.8. The number of hydrogen-bond donors (Lipinski definition) is 0. The van der Waals surface area contributed by atoms with E-state index in [-0.39, 0.29) is 0 Å². The minimum atomic E-state index is 0.883. The molecule has 11 aromatic carbocycles. The molecule has 294 valence electrons. The molecule has 13 rings (SSSR count). The van der Waals surface area contributed by atoms with Crippen LogP contribution >= 0.6 is 0 Å². The number of benzene rings is 11. The number of para-hydroxylation sites is 3. The van der Waals surface area contributed by atoms with Gasteiger partial charge in [-0.1, -0.05) is 152 Å². The molecule has 0 unspecified atom stereocenters. The second-order valence-corrected chi connectivity index (χ2v) is 16.5. The molecule has 0 aliphatic heterocycles. The number of nitrogens with zero attached hydrogens (tertiary/aromatic N) is 2. The van der Waals surface area contributed by atoms with E-state index >= 15 is 0 Å². The average Bonchev–Trinajstić information content (AvgIpc) is 3.88. The van der Waals surface area contributed by atoms with Gasteiger partial charge in [0.05, 0.1) is 16.7 Å². The highest BCUT2D eigenvalue weighted by Crippen LogP contribution is 2.45. The van der Waals surface area contributed by atoms with Gasteiger partial charge < -0.3 is 13.9 Å². The van der Waals surface area contributed by atoms with Crippen LogP contribution in [0.15, 0.2) is 235 Å². The topological polar surface area (TPSA) is 21.3 Å². The first-order valence-corrected chi connectivity index (χ1v) is 21.6. The van der Waals surface area contributed by atoms with E-state index in [4.69, 9.17) is 4.42 Å². The van der Waals surface area contributed by atoms with Crippen LogP contribution in [0.1, 0.15) is 0 Å². The molecule has 63 heavy (non-hydrogen) atoms. The van der Waals surface area contributed by atoms with Crippen LogP contribution in [-0.2, 0) is 0 Å². The first kappa shape index (κ1) is 35.4. The molecule has 3 heteroatoms. The van der Waals surface area contributed by atoms with Gasteiger partial charge in [-0.2, -0.15) is 0 Å². The zero-order valence-corrected chi connectivity index (χ0v) is 34.2. The van der Waals surface area contributed by atoms with Crippen molar-refractivity contribution >= 4 is 93.1 Å². The molecule has 0 saturated heterocycles. The summed E-state index contributed by atoms with van der Waals surface area (Å²) in [6.07, 6.45) is 0. The van der Waals surface area contributed by atoms with Crippen molar-refractivity contribution in [1.82, 2.24) is 4.57 Å². The van der Waals surface area contributed by atoms with Crippen molar-refractivity contribution in [1.29, 1.82) is 0 Å². The van der Waals surface area contributed by atoms with Gasteiger partial charge in [0.15, 0.2) is 0 Å². The Morgan fingerprint density at radius 1 is 0.317 bits per heavy atom. The van der Waals surface area contributed by atoms with Crippen molar-refractivity contribution in [2.45, 2.75) is 0 Å². The molecule has 0 aliphatic rings. The van der Waals surface area contributed by atoms with Crippen molar-refractivity contribution < 1.29 is 4.42 Å². The maximum absolute atomic E-state index is 6.46. The number of anilines is 3. The fourth-order valence-corrected chi connectivity index (χ4v) is 10.0. The van der Waals surface area contributed by atoms with Crippen LogP contribution in [0.4, 0.5) is 17.1 Å². The molecule has 0 spiro atoms. The standard InChI is InChI=1S/C60H38N2O/c1-2-15-41-37-60-55(34-40(41)14-1)54-36-43(30-33-59(54)63-60)48-20-7-10-25-56(48)61(45-17-13-18-46(38-45)62-57-26-11-8-23-51(57)52-24-9-12-27-58(52)62)44-31-28-39(29-32-44)53-35-42-16-3-4-19-47(42)49-21-5-6-22-50(49)53/h1-38H. The van der Waals surface area contributed by atoms with E-state index in [1.807, 2.05) is 0 Å². The van der Waals surface area contributed by atoms with Crippen molar-refractivity contribution in [2.24, 2.45) is 0 Å². The lowest BCUT2D eigenvalue weighted by Crippen LogP contribution is -2.11. The predicted octanol–water partition coefficient (Wildman–Crippen LogP) is 16.9. The first-order valence-electron chi connectivity index (χ1n) is 21.6. The molecular formula is C60H38N2O. The second-order valence-electron chi connectivity index (χ2n) is 16.5. The molecule has 2 heterocycles. The third kappa shape index (κ3) is 5.67. The summed E-state index contributed by atoms with van der Waals surface area (Å²) in [5.74, 6) is 0. The Kier molecular flexibility index (Phi) is 7.91. The van der Waals surface area contributed by atoms with Gasteiger partial charge in [0.1, 0.15) is 11.2 Å². The highest BCUT2D eigenvalue weighted by molar-refractivity contribution is 6.14. The van der Waals surface area contributed by atoms with Crippen molar-refractivity contribution in [2.75, 3.05) is 4.90 Å². The number of aromatic nitrogens is 1. The molecular weight excluding hydrogens is 765 g/mol. The minimum absolute atomic E-state index is 0.883. The monoisotopic (exact) mass is 802 g/mol. The second kappa shape index (κ2) is 14.1. The maximum Gasteiger partial charge on any atom is 0.136 e. The van der Waals surface area contributed by atoms with Gasteiger partial charge in [-0.15, -0.1) is 0 Å². The van der Waals surface area contributed by atoms with Gasteiger partial charge in [0.25, 0.3) is 0 Å². The quantitative estimate of drug-likeness (QED) is 0.156. The van der Waals surface area contributed by atoms with E-state index in [1.165, 1.54) is 65.3 Å². The van der Waals surface area contributed by atoms with Crippen LogP contribution in [0.25, 0.3) is 104 Å². The molecule has 3 nitrogen and oxygen atoms in total. The highest BCUT2D eigenvalue weighted by Gasteiger charge is 2.21. The molecule has 13 aromatic rings. The molecule has 0 N–H and O–H groups in total. The summed E-state index contributed by atoms with van der Waals surface area (Å²) in [6.45, 7) is 0. The van der Waals surface area contributed by atoms with Gasteiger partial charge in [-0.3, -0.25) is 0 Å². The van der Waals surface area contributed by atoms with Gasteiger partial charge >= 0.3 is 0 Å². The smallest absolute Gasteiger partial charge is 0.136 e. The van der Waals surface area contributed by atoms with Crippen LogP contribution in [0.3, 0.4) is 0 Å².